The molecule has 2 rings (SSSR count). The Bertz CT molecular complexity index is 325. The normalized spacial score (nSPS) is 16.2. The van der Waals surface area contributed by atoms with Crippen LogP contribution < -0.4 is 0 Å². The lowest BCUT2D eigenvalue weighted by molar-refractivity contribution is 1.08. The molecule has 12 heavy (non-hydrogen) atoms. The Morgan fingerprint density at radius 2 is 2.25 bits per heavy atom. The summed E-state index contributed by atoms with van der Waals surface area (Å²) in [6, 6.07) is 0. The molecule has 0 amide bonds. The second-order valence-corrected chi connectivity index (χ2v) is 3.18. The van der Waals surface area contributed by atoms with Crippen molar-refractivity contribution in [1.82, 2.24) is 10.2 Å². The predicted octanol–water partition coefficient (Wildman–Crippen LogP) is 2.31. The van der Waals surface area contributed by atoms with Crippen LogP contribution in [0.25, 0.3) is 6.08 Å². The van der Waals surface area contributed by atoms with Gasteiger partial charge in [-0.2, -0.15) is 5.10 Å². The molecule has 2 heterocycles. The Labute approximate surface area is 71.2 Å². The van der Waals surface area contributed by atoms with E-state index >= 15 is 0 Å². The topological polar surface area (TPSA) is 41.0 Å². The van der Waals surface area contributed by atoms with Crippen LogP contribution in [0.2, 0.25) is 0 Å². The molecule has 0 fully saturated rings. The second-order valence-electron chi connectivity index (χ2n) is 3.18. The molecule has 1 aromatic rings. The van der Waals surface area contributed by atoms with E-state index in [1.807, 2.05) is 6.92 Å². The number of fused-ring (bicyclic) bond motifs is 1. The van der Waals surface area contributed by atoms with Gasteiger partial charge in [0, 0.05) is 12.1 Å². The number of H-pyrrole nitrogens is 1. The molecule has 62 valence electrons. The second kappa shape index (κ2) is 2.59. The van der Waals surface area contributed by atoms with Gasteiger partial charge >= 0.3 is 0 Å². The summed E-state index contributed by atoms with van der Waals surface area (Å²) in [7, 11) is 0. The number of allylic oxidation sites excluding steroid dienone is 1. The van der Waals surface area contributed by atoms with Gasteiger partial charge in [0.2, 0.25) is 0 Å². The lowest BCUT2D eigenvalue weighted by Crippen LogP contribution is -1.88. The molecule has 1 aliphatic heterocycles. The van der Waals surface area contributed by atoms with Gasteiger partial charge in [-0.15, -0.1) is 0 Å². The highest BCUT2D eigenvalue weighted by Crippen LogP contribution is 2.23. The Morgan fingerprint density at radius 1 is 1.42 bits per heavy atom. The minimum Gasteiger partial charge on any atom is -0.276 e. The third-order valence-corrected chi connectivity index (χ3v) is 1.88. The molecule has 0 bridgehead atoms. The molecule has 3 nitrogen and oxygen atoms in total. The summed E-state index contributed by atoms with van der Waals surface area (Å²) < 4.78 is 0. The third-order valence-electron chi connectivity index (χ3n) is 1.88. The number of aromatic nitrogens is 2. The number of nitrogens with one attached hydrogen (secondary N) is 1. The first-order chi connectivity index (χ1) is 5.75. The summed E-state index contributed by atoms with van der Waals surface area (Å²) in [5, 5.41) is 6.85. The van der Waals surface area contributed by atoms with E-state index in [1.54, 1.807) is 6.20 Å². The fraction of sp³-hybridized carbons (Fsp3) is 0.333. The molecule has 0 spiro atoms. The fourth-order valence-electron chi connectivity index (χ4n) is 1.43. The van der Waals surface area contributed by atoms with E-state index in [0.717, 1.165) is 23.5 Å². The zero-order valence-electron chi connectivity index (χ0n) is 7.26. The first kappa shape index (κ1) is 7.28. The van der Waals surface area contributed by atoms with Gasteiger partial charge in [0.25, 0.3) is 0 Å². The van der Waals surface area contributed by atoms with Crippen LogP contribution in [-0.2, 0) is 0 Å². The Morgan fingerprint density at radius 3 is 3.08 bits per heavy atom. The van der Waals surface area contributed by atoms with Crippen LogP contribution in [0.15, 0.2) is 16.8 Å². The molecular formula is C9H11N3. The van der Waals surface area contributed by atoms with Crippen molar-refractivity contribution in [1.29, 1.82) is 0 Å². The molecule has 0 saturated carbocycles. The molecule has 0 unspecified atom stereocenters. The summed E-state index contributed by atoms with van der Waals surface area (Å²) >= 11 is 0. The van der Waals surface area contributed by atoms with Gasteiger partial charge in [-0.25, -0.2) is 0 Å². The monoisotopic (exact) mass is 161 g/mol. The van der Waals surface area contributed by atoms with Gasteiger partial charge in [0.1, 0.15) is 5.69 Å². The van der Waals surface area contributed by atoms with Crippen LogP contribution in [0.5, 0.6) is 0 Å². The summed E-state index contributed by atoms with van der Waals surface area (Å²) in [6.45, 7) is 4.15. The van der Waals surface area contributed by atoms with Gasteiger partial charge in [0.15, 0.2) is 0 Å². The van der Waals surface area contributed by atoms with E-state index in [0.29, 0.717) is 0 Å². The number of rotatable bonds is 0. The fourth-order valence-corrected chi connectivity index (χ4v) is 1.43. The van der Waals surface area contributed by atoms with Gasteiger partial charge in [-0.1, -0.05) is 5.57 Å². The lowest BCUT2D eigenvalue weighted by atomic mass is 10.1. The van der Waals surface area contributed by atoms with Crippen molar-refractivity contribution in [3.8, 4) is 0 Å². The number of hydrogen-bond donors (Lipinski definition) is 1. The van der Waals surface area contributed by atoms with Crippen LogP contribution >= 0.6 is 0 Å². The van der Waals surface area contributed by atoms with Crippen LogP contribution in [0.3, 0.4) is 0 Å². The number of aromatic amines is 1. The highest BCUT2D eigenvalue weighted by Gasteiger charge is 2.07. The van der Waals surface area contributed by atoms with Crippen LogP contribution in [-0.4, -0.2) is 15.9 Å². The van der Waals surface area contributed by atoms with Crippen molar-refractivity contribution >= 4 is 17.5 Å². The van der Waals surface area contributed by atoms with Gasteiger partial charge in [0.05, 0.1) is 11.9 Å². The minimum absolute atomic E-state index is 0.948. The minimum atomic E-state index is 0.948. The number of nitrogens with zero attached hydrogens (tertiary/aromatic N) is 2. The first-order valence-electron chi connectivity index (χ1n) is 4.00. The number of hydrogen-bond acceptors (Lipinski definition) is 2. The largest absolute Gasteiger partial charge is 0.276 e. The van der Waals surface area contributed by atoms with Gasteiger partial charge in [-0.05, 0) is 19.9 Å². The lowest BCUT2D eigenvalue weighted by Gasteiger charge is -1.94. The molecule has 0 atom stereocenters. The molecule has 1 aromatic heterocycles. The zero-order chi connectivity index (χ0) is 8.55. The van der Waals surface area contributed by atoms with E-state index in [-0.39, 0.29) is 0 Å². The number of aliphatic imine (C=N–C) groups is 1. The molecule has 0 aliphatic carbocycles. The van der Waals surface area contributed by atoms with E-state index in [4.69, 9.17) is 0 Å². The van der Waals surface area contributed by atoms with Gasteiger partial charge in [-0.3, -0.25) is 10.1 Å². The Hall–Kier alpha value is -1.38. The van der Waals surface area contributed by atoms with Crippen LogP contribution in [0.1, 0.15) is 26.0 Å². The molecule has 1 aliphatic rings. The standard InChI is InChI=1S/C9H11N3/c1-6-3-7(2)11-9-5-10-12-8(9)4-6/h4-5H,3H2,1-2H3,(H,10,12). The van der Waals surface area contributed by atoms with Crippen molar-refractivity contribution in [3.63, 3.8) is 0 Å². The molecule has 3 heteroatoms. The maximum atomic E-state index is 4.42. The molecular weight excluding hydrogens is 150 g/mol. The van der Waals surface area contributed by atoms with E-state index in [2.05, 4.69) is 28.2 Å². The molecule has 1 N–H and O–H groups in total. The van der Waals surface area contributed by atoms with Crippen molar-refractivity contribution in [3.05, 3.63) is 17.5 Å². The van der Waals surface area contributed by atoms with Crippen molar-refractivity contribution in [2.75, 3.05) is 0 Å². The molecule has 0 saturated heterocycles. The average Bonchev–Trinajstić information content (AvgIpc) is 2.31. The average molecular weight is 161 g/mol. The van der Waals surface area contributed by atoms with E-state index in [1.165, 1.54) is 5.57 Å². The zero-order valence-corrected chi connectivity index (χ0v) is 7.26. The summed E-state index contributed by atoms with van der Waals surface area (Å²) in [5.41, 5.74) is 4.43. The summed E-state index contributed by atoms with van der Waals surface area (Å²) in [4.78, 5) is 4.42. The Kier molecular flexibility index (Phi) is 1.57. The van der Waals surface area contributed by atoms with E-state index < -0.39 is 0 Å². The maximum absolute atomic E-state index is 4.42. The van der Waals surface area contributed by atoms with Gasteiger partial charge < -0.3 is 0 Å². The SMILES string of the molecule is CC1=Cc2[nH]ncc2N=C(C)C1. The third kappa shape index (κ3) is 1.18. The van der Waals surface area contributed by atoms with Crippen molar-refractivity contribution in [2.45, 2.75) is 20.3 Å². The summed E-state index contributed by atoms with van der Waals surface area (Å²) in [6.07, 6.45) is 4.82. The quantitative estimate of drug-likeness (QED) is 0.623. The van der Waals surface area contributed by atoms with Crippen LogP contribution in [0, 0.1) is 0 Å². The van der Waals surface area contributed by atoms with E-state index in [9.17, 15) is 0 Å². The highest BCUT2D eigenvalue weighted by atomic mass is 15.1. The predicted molar refractivity (Wildman–Crippen MR) is 49.6 cm³/mol. The maximum Gasteiger partial charge on any atom is 0.108 e. The first-order valence-corrected chi connectivity index (χ1v) is 4.00. The van der Waals surface area contributed by atoms with Crippen molar-refractivity contribution in [2.24, 2.45) is 4.99 Å². The highest BCUT2D eigenvalue weighted by molar-refractivity contribution is 5.90. The Balaban J connectivity index is 2.56. The molecule has 0 radical (unpaired) electrons. The van der Waals surface area contributed by atoms with Crippen molar-refractivity contribution < 1.29 is 0 Å². The molecule has 0 aromatic carbocycles. The van der Waals surface area contributed by atoms with Crippen LogP contribution in [0.4, 0.5) is 5.69 Å². The summed E-state index contributed by atoms with van der Waals surface area (Å²) in [5.74, 6) is 0. The smallest absolute Gasteiger partial charge is 0.108 e.